The van der Waals surface area contributed by atoms with Gasteiger partial charge in [-0.1, -0.05) is 46.5 Å². The summed E-state index contributed by atoms with van der Waals surface area (Å²) in [6.45, 7) is 6.66. The van der Waals surface area contributed by atoms with E-state index < -0.39 is 0 Å². The Balaban J connectivity index is 2.27. The van der Waals surface area contributed by atoms with Crippen molar-refractivity contribution in [2.24, 2.45) is 17.8 Å². The molecule has 0 radical (unpaired) electrons. The van der Waals surface area contributed by atoms with Crippen LogP contribution in [0.25, 0.3) is 0 Å². The molecule has 0 aliphatic heterocycles. The van der Waals surface area contributed by atoms with Crippen LogP contribution in [0.2, 0.25) is 0 Å². The van der Waals surface area contributed by atoms with E-state index in [4.69, 9.17) is 0 Å². The summed E-state index contributed by atoms with van der Waals surface area (Å²) in [7, 11) is 0. The topological polar surface area (TPSA) is 20.2 Å². The van der Waals surface area contributed by atoms with Gasteiger partial charge in [0.05, 0.1) is 6.10 Å². The zero-order chi connectivity index (χ0) is 10.6. The molecule has 2 atom stereocenters. The lowest BCUT2D eigenvalue weighted by Crippen LogP contribution is -2.34. The lowest BCUT2D eigenvalue weighted by atomic mass is 9.73. The van der Waals surface area contributed by atoms with Gasteiger partial charge in [-0.25, -0.2) is 0 Å². The van der Waals surface area contributed by atoms with Crippen LogP contribution in [0, 0.1) is 17.8 Å². The molecule has 1 nitrogen and oxygen atoms in total. The first-order valence-corrected chi connectivity index (χ1v) is 6.33. The van der Waals surface area contributed by atoms with Gasteiger partial charge in [-0.2, -0.15) is 0 Å². The van der Waals surface area contributed by atoms with Crippen LogP contribution in [0.3, 0.4) is 0 Å². The molecular formula is C13H26O. The van der Waals surface area contributed by atoms with Crippen molar-refractivity contribution < 1.29 is 5.11 Å². The molecule has 1 aliphatic rings. The molecule has 0 bridgehead atoms. The third kappa shape index (κ3) is 3.27. The van der Waals surface area contributed by atoms with Crippen molar-refractivity contribution >= 4 is 0 Å². The molecule has 0 spiro atoms. The van der Waals surface area contributed by atoms with Gasteiger partial charge in [-0.15, -0.1) is 0 Å². The highest BCUT2D eigenvalue weighted by atomic mass is 16.3. The smallest absolute Gasteiger partial charge is 0.0591 e. The van der Waals surface area contributed by atoms with Crippen molar-refractivity contribution in [2.45, 2.75) is 65.4 Å². The molecule has 1 aliphatic carbocycles. The molecule has 0 aromatic heterocycles. The predicted octanol–water partition coefficient (Wildman–Crippen LogP) is 3.61. The van der Waals surface area contributed by atoms with Crippen LogP contribution < -0.4 is 0 Å². The molecule has 1 saturated carbocycles. The monoisotopic (exact) mass is 198 g/mol. The molecule has 2 unspecified atom stereocenters. The molecule has 1 N–H and O–H groups in total. The largest absolute Gasteiger partial charge is 0.393 e. The summed E-state index contributed by atoms with van der Waals surface area (Å²) in [6.07, 6.45) is 7.91. The first-order chi connectivity index (χ1) is 6.65. The quantitative estimate of drug-likeness (QED) is 0.684. The molecule has 1 rings (SSSR count). The molecule has 0 saturated heterocycles. The van der Waals surface area contributed by atoms with Crippen LogP contribution in [-0.2, 0) is 0 Å². The first-order valence-electron chi connectivity index (χ1n) is 6.33. The number of hydrogen-bond acceptors (Lipinski definition) is 1. The molecule has 0 aromatic rings. The van der Waals surface area contributed by atoms with E-state index in [-0.39, 0.29) is 6.10 Å². The lowest BCUT2D eigenvalue weighted by molar-refractivity contribution is 0.00933. The van der Waals surface area contributed by atoms with E-state index in [1.165, 1.54) is 38.5 Å². The fourth-order valence-corrected chi connectivity index (χ4v) is 2.91. The van der Waals surface area contributed by atoms with Crippen molar-refractivity contribution in [3.8, 4) is 0 Å². The van der Waals surface area contributed by atoms with Gasteiger partial charge in [-0.3, -0.25) is 0 Å². The SMILES string of the molecule is CCCCCC1CC(C)C(O)C(C)C1. The maximum absolute atomic E-state index is 9.84. The third-order valence-corrected chi connectivity index (χ3v) is 3.79. The van der Waals surface area contributed by atoms with Crippen molar-refractivity contribution in [1.29, 1.82) is 0 Å². The Bertz CT molecular complexity index is 143. The summed E-state index contributed by atoms with van der Waals surface area (Å²) in [4.78, 5) is 0. The van der Waals surface area contributed by atoms with Crippen LogP contribution in [0.5, 0.6) is 0 Å². The van der Waals surface area contributed by atoms with E-state index in [1.807, 2.05) is 0 Å². The summed E-state index contributed by atoms with van der Waals surface area (Å²) in [5, 5.41) is 9.84. The van der Waals surface area contributed by atoms with Gasteiger partial charge in [0.25, 0.3) is 0 Å². The zero-order valence-corrected chi connectivity index (χ0v) is 10.00. The molecular weight excluding hydrogens is 172 g/mol. The van der Waals surface area contributed by atoms with Crippen LogP contribution in [0.1, 0.15) is 59.3 Å². The summed E-state index contributed by atoms with van der Waals surface area (Å²) in [6, 6.07) is 0. The minimum atomic E-state index is -0.0441. The second-order valence-corrected chi connectivity index (χ2v) is 5.28. The second kappa shape index (κ2) is 5.75. The van der Waals surface area contributed by atoms with Gasteiger partial charge in [0, 0.05) is 0 Å². The standard InChI is InChI=1S/C13H26O/c1-4-5-6-7-12-8-10(2)13(14)11(3)9-12/h10-14H,4-9H2,1-3H3. The van der Waals surface area contributed by atoms with Gasteiger partial charge in [0.2, 0.25) is 0 Å². The Morgan fingerprint density at radius 2 is 1.64 bits per heavy atom. The molecule has 0 heterocycles. The van der Waals surface area contributed by atoms with Crippen molar-refractivity contribution in [3.63, 3.8) is 0 Å². The fraction of sp³-hybridized carbons (Fsp3) is 1.00. The van der Waals surface area contributed by atoms with Gasteiger partial charge >= 0.3 is 0 Å². The van der Waals surface area contributed by atoms with Crippen LogP contribution in [-0.4, -0.2) is 11.2 Å². The molecule has 0 amide bonds. The average molecular weight is 198 g/mol. The summed E-state index contributed by atoms with van der Waals surface area (Å²) >= 11 is 0. The van der Waals surface area contributed by atoms with Gasteiger partial charge in [0.15, 0.2) is 0 Å². The van der Waals surface area contributed by atoms with Crippen molar-refractivity contribution in [3.05, 3.63) is 0 Å². The predicted molar refractivity (Wildman–Crippen MR) is 61.2 cm³/mol. The molecule has 1 fully saturated rings. The first kappa shape index (κ1) is 12.0. The average Bonchev–Trinajstić information content (AvgIpc) is 2.14. The van der Waals surface area contributed by atoms with E-state index in [9.17, 15) is 5.11 Å². The Kier molecular flexibility index (Phi) is 4.94. The Morgan fingerprint density at radius 3 is 2.14 bits per heavy atom. The van der Waals surface area contributed by atoms with Crippen LogP contribution >= 0.6 is 0 Å². The maximum Gasteiger partial charge on any atom is 0.0591 e. The highest BCUT2D eigenvalue weighted by Gasteiger charge is 2.30. The second-order valence-electron chi connectivity index (χ2n) is 5.28. The highest BCUT2D eigenvalue weighted by molar-refractivity contribution is 4.81. The van der Waals surface area contributed by atoms with E-state index in [1.54, 1.807) is 0 Å². The third-order valence-electron chi connectivity index (χ3n) is 3.79. The highest BCUT2D eigenvalue weighted by Crippen LogP contribution is 2.35. The normalized spacial score (nSPS) is 38.6. The number of hydrogen-bond donors (Lipinski definition) is 1. The summed E-state index contributed by atoms with van der Waals surface area (Å²) in [5.41, 5.74) is 0. The lowest BCUT2D eigenvalue weighted by Gasteiger charge is -2.36. The number of aliphatic hydroxyl groups excluding tert-OH is 1. The molecule has 0 aromatic carbocycles. The Hall–Kier alpha value is -0.0400. The van der Waals surface area contributed by atoms with E-state index >= 15 is 0 Å². The zero-order valence-electron chi connectivity index (χ0n) is 10.00. The Morgan fingerprint density at radius 1 is 1.07 bits per heavy atom. The van der Waals surface area contributed by atoms with Crippen LogP contribution in [0.15, 0.2) is 0 Å². The van der Waals surface area contributed by atoms with Crippen LogP contribution in [0.4, 0.5) is 0 Å². The van der Waals surface area contributed by atoms with Gasteiger partial charge in [-0.05, 0) is 30.6 Å². The van der Waals surface area contributed by atoms with E-state index in [0.717, 1.165) is 5.92 Å². The summed E-state index contributed by atoms with van der Waals surface area (Å²) in [5.74, 6) is 1.92. The van der Waals surface area contributed by atoms with Crippen molar-refractivity contribution in [2.75, 3.05) is 0 Å². The maximum atomic E-state index is 9.84. The van der Waals surface area contributed by atoms with E-state index in [2.05, 4.69) is 20.8 Å². The van der Waals surface area contributed by atoms with Gasteiger partial charge in [0.1, 0.15) is 0 Å². The fourth-order valence-electron chi connectivity index (χ4n) is 2.91. The minimum absolute atomic E-state index is 0.0441. The minimum Gasteiger partial charge on any atom is -0.393 e. The number of rotatable bonds is 4. The Labute approximate surface area is 88.9 Å². The van der Waals surface area contributed by atoms with E-state index in [0.29, 0.717) is 11.8 Å². The molecule has 84 valence electrons. The number of unbranched alkanes of at least 4 members (excludes halogenated alkanes) is 2. The van der Waals surface area contributed by atoms with Crippen molar-refractivity contribution in [1.82, 2.24) is 0 Å². The van der Waals surface area contributed by atoms with Gasteiger partial charge < -0.3 is 5.11 Å². The molecule has 14 heavy (non-hydrogen) atoms. The number of aliphatic hydroxyl groups is 1. The molecule has 1 heteroatoms. The summed E-state index contributed by atoms with van der Waals surface area (Å²) < 4.78 is 0.